The van der Waals surface area contributed by atoms with Crippen molar-refractivity contribution in [1.82, 2.24) is 4.57 Å². The number of aryl methyl sites for hydroxylation is 1. The molecule has 0 aromatic carbocycles. The van der Waals surface area contributed by atoms with E-state index < -0.39 is 7.25 Å². The Morgan fingerprint density at radius 1 is 1.33 bits per heavy atom. The average molecular weight is 281 g/mol. The number of nitrogens with zero attached hydrogens (tertiary/aromatic N) is 2. The average Bonchev–Trinajstić information content (AvgIpc) is 2.64. The third-order valence-electron chi connectivity index (χ3n) is 2.44. The second-order valence-electron chi connectivity index (χ2n) is 4.07. The maximum atomic E-state index is 9.75. The monoisotopic (exact) mass is 281 g/mol. The quantitative estimate of drug-likeness (QED) is 0.434. The summed E-state index contributed by atoms with van der Waals surface area (Å²) in [7, 11) is -0.291. The predicted octanol–water partition coefficient (Wildman–Crippen LogP) is 1.59. The van der Waals surface area contributed by atoms with E-state index in [1.807, 2.05) is 30.3 Å². The Labute approximate surface area is 106 Å². The molecule has 0 saturated carbocycles. The summed E-state index contributed by atoms with van der Waals surface area (Å²) in [5, 5.41) is -0.306. The van der Waals surface area contributed by atoms with Gasteiger partial charge in [-0.15, -0.1) is 0 Å². The van der Waals surface area contributed by atoms with E-state index in [4.69, 9.17) is 4.74 Å². The van der Waals surface area contributed by atoms with E-state index in [1.165, 1.54) is 12.8 Å². The van der Waals surface area contributed by atoms with Crippen LogP contribution in [0.3, 0.4) is 0 Å². The Kier molecular flexibility index (Phi) is 4.97. The summed E-state index contributed by atoms with van der Waals surface area (Å²) in [5.74, 6) is 0. The van der Waals surface area contributed by atoms with Crippen molar-refractivity contribution in [3.05, 3.63) is 18.7 Å². The van der Waals surface area contributed by atoms with Gasteiger partial charge in [-0.1, -0.05) is 0 Å². The van der Waals surface area contributed by atoms with Crippen LogP contribution < -0.4 is 4.57 Å². The van der Waals surface area contributed by atoms with Crippen molar-refractivity contribution >= 4 is 17.5 Å². The molecule has 1 saturated heterocycles. The van der Waals surface area contributed by atoms with Crippen LogP contribution in [0.1, 0.15) is 19.3 Å². The van der Waals surface area contributed by atoms with Gasteiger partial charge in [-0.05, 0) is 12.8 Å². The van der Waals surface area contributed by atoms with Gasteiger partial charge in [0, 0.05) is 6.42 Å². The number of rotatable bonds is 1. The Balaban J connectivity index is 0.000000280. The fourth-order valence-electron chi connectivity index (χ4n) is 1.65. The normalized spacial score (nSPS) is 24.3. The van der Waals surface area contributed by atoms with Gasteiger partial charge in [-0.3, -0.25) is 0 Å². The molecule has 2 heterocycles. The van der Waals surface area contributed by atoms with Crippen molar-refractivity contribution in [2.24, 2.45) is 7.05 Å². The van der Waals surface area contributed by atoms with E-state index in [0.29, 0.717) is 0 Å². The molecule has 18 heavy (non-hydrogen) atoms. The lowest BCUT2D eigenvalue weighted by molar-refractivity contribution is -0.671. The minimum atomic E-state index is -6.00. The Bertz CT molecular complexity index is 373. The molecule has 0 bridgehead atoms. The highest BCUT2D eigenvalue weighted by Gasteiger charge is 2.34. The largest absolute Gasteiger partial charge is 0.673 e. The van der Waals surface area contributed by atoms with Crippen LogP contribution >= 0.6 is 0 Å². The van der Waals surface area contributed by atoms with Gasteiger partial charge in [0.15, 0.2) is 5.35 Å². The summed E-state index contributed by atoms with van der Waals surface area (Å²) in [4.78, 5) is 0. The number of hydrogen-bond donors (Lipinski definition) is 0. The zero-order chi connectivity index (χ0) is 13.8. The molecule has 2 rings (SSSR count). The highest BCUT2D eigenvalue weighted by atomic mass is 28.1. The molecule has 0 amide bonds. The molecule has 0 N–H and O–H groups in total. The Morgan fingerprint density at radius 3 is 2.33 bits per heavy atom. The number of imidazole rings is 1. The van der Waals surface area contributed by atoms with Crippen molar-refractivity contribution in [2.45, 2.75) is 24.6 Å². The maximum absolute atomic E-state index is 9.75. The SMILES string of the molecule is C[n+]1ccn(C2([Si])CCCCO2)c1.F[B-](F)(F)F. The second-order valence-corrected chi connectivity index (χ2v) is 4.85. The Morgan fingerprint density at radius 2 is 1.94 bits per heavy atom. The second kappa shape index (κ2) is 5.87. The van der Waals surface area contributed by atoms with Gasteiger partial charge in [0.05, 0.1) is 13.7 Å². The molecule has 0 spiro atoms. The van der Waals surface area contributed by atoms with Gasteiger partial charge < -0.3 is 22.0 Å². The van der Waals surface area contributed by atoms with E-state index in [2.05, 4.69) is 14.8 Å². The molecule has 1 aliphatic rings. The van der Waals surface area contributed by atoms with E-state index in [-0.39, 0.29) is 5.35 Å². The van der Waals surface area contributed by atoms with Gasteiger partial charge in [-0.2, -0.15) is 0 Å². The lowest BCUT2D eigenvalue weighted by Gasteiger charge is -2.30. The third-order valence-corrected chi connectivity index (χ3v) is 3.09. The summed E-state index contributed by atoms with van der Waals surface area (Å²) in [5.41, 5.74) is 0. The van der Waals surface area contributed by atoms with Gasteiger partial charge >= 0.3 is 7.25 Å². The van der Waals surface area contributed by atoms with Gasteiger partial charge in [-0.25, -0.2) is 9.13 Å². The molecule has 1 unspecified atom stereocenters. The molecule has 9 heteroatoms. The third kappa shape index (κ3) is 5.22. The van der Waals surface area contributed by atoms with Gasteiger partial charge in [0.1, 0.15) is 22.6 Å². The summed E-state index contributed by atoms with van der Waals surface area (Å²) < 4.78 is 48.8. The van der Waals surface area contributed by atoms with Crippen molar-refractivity contribution < 1.29 is 26.6 Å². The van der Waals surface area contributed by atoms with E-state index >= 15 is 0 Å². The summed E-state index contributed by atoms with van der Waals surface area (Å²) in [6, 6.07) is 0. The van der Waals surface area contributed by atoms with Crippen LogP contribution in [-0.4, -0.2) is 28.7 Å². The van der Waals surface area contributed by atoms with Crippen LogP contribution in [0.4, 0.5) is 17.3 Å². The standard InChI is InChI=1S/C9H14N2OSi.BF4/c1-10-5-6-11(8-10)9(13)4-2-3-7-12-9;2-1(3,4)5/h5-6,8H,2-4,7H2,1H3;/q+1;-1. The van der Waals surface area contributed by atoms with E-state index in [1.54, 1.807) is 0 Å². The van der Waals surface area contributed by atoms with Crippen LogP contribution in [0.15, 0.2) is 18.7 Å². The molecule has 0 aliphatic carbocycles. The topological polar surface area (TPSA) is 18.0 Å². The van der Waals surface area contributed by atoms with Crippen LogP contribution in [0.5, 0.6) is 0 Å². The smallest absolute Gasteiger partial charge is 0.418 e. The first-order chi connectivity index (χ1) is 8.21. The zero-order valence-corrected chi connectivity index (χ0v) is 11.0. The predicted molar refractivity (Wildman–Crippen MR) is 59.3 cm³/mol. The number of halogens is 4. The molecule has 1 aliphatic heterocycles. The molecule has 1 fully saturated rings. The number of hydrogen-bond acceptors (Lipinski definition) is 1. The van der Waals surface area contributed by atoms with Crippen molar-refractivity contribution in [3.63, 3.8) is 0 Å². The first-order valence-corrected chi connectivity index (χ1v) is 6.01. The fourth-order valence-corrected chi connectivity index (χ4v) is 2.06. The van der Waals surface area contributed by atoms with Crippen LogP contribution in [0.25, 0.3) is 0 Å². The highest BCUT2D eigenvalue weighted by molar-refractivity contribution is 6.50. The maximum Gasteiger partial charge on any atom is 0.673 e. The molecule has 3 radical (unpaired) electrons. The minimum Gasteiger partial charge on any atom is -0.418 e. The highest BCUT2D eigenvalue weighted by Crippen LogP contribution is 2.25. The Hall–Kier alpha value is -0.828. The lowest BCUT2D eigenvalue weighted by atomic mass is 10.2. The number of ether oxygens (including phenoxy) is 1. The van der Waals surface area contributed by atoms with Crippen molar-refractivity contribution in [2.75, 3.05) is 6.61 Å². The molecule has 1 aromatic heterocycles. The van der Waals surface area contributed by atoms with Crippen molar-refractivity contribution in [3.8, 4) is 0 Å². The molecular formula is C9H14BF4N2OSi. The van der Waals surface area contributed by atoms with Crippen LogP contribution in [-0.2, 0) is 17.1 Å². The first-order valence-electron chi connectivity index (χ1n) is 5.51. The van der Waals surface area contributed by atoms with Crippen LogP contribution in [0.2, 0.25) is 0 Å². The van der Waals surface area contributed by atoms with E-state index in [9.17, 15) is 17.3 Å². The zero-order valence-electron chi connectivity index (χ0n) is 9.95. The van der Waals surface area contributed by atoms with Gasteiger partial charge in [0.25, 0.3) is 0 Å². The summed E-state index contributed by atoms with van der Waals surface area (Å²) >= 11 is 0. The van der Waals surface area contributed by atoms with Crippen LogP contribution in [0, 0.1) is 0 Å². The first kappa shape index (κ1) is 15.2. The van der Waals surface area contributed by atoms with Crippen molar-refractivity contribution in [1.29, 1.82) is 0 Å². The summed E-state index contributed by atoms with van der Waals surface area (Å²) in [6.45, 7) is 0.839. The van der Waals surface area contributed by atoms with E-state index in [0.717, 1.165) is 13.0 Å². The van der Waals surface area contributed by atoms with Gasteiger partial charge in [0.2, 0.25) is 6.33 Å². The molecule has 1 atom stereocenters. The molecule has 3 nitrogen and oxygen atoms in total. The fraction of sp³-hybridized carbons (Fsp3) is 0.667. The number of aromatic nitrogens is 2. The minimum absolute atomic E-state index is 0.306. The lowest BCUT2D eigenvalue weighted by Crippen LogP contribution is -2.40. The molecule has 101 valence electrons. The molecular weight excluding hydrogens is 267 g/mol. The summed E-state index contributed by atoms with van der Waals surface area (Å²) in [6.07, 6.45) is 9.47. The molecule has 1 aromatic rings.